The zero-order valence-electron chi connectivity index (χ0n) is 9.19. The van der Waals surface area contributed by atoms with Gasteiger partial charge in [-0.25, -0.2) is 0 Å². The standard InChI is InChI=1S/C10H12O2.C3H6/c1-2-4-9(5-3-1)6-11-7-10-8-12-10;1-3-2/h1-5,10H,6-8H2;3H,1H2,2H3. The van der Waals surface area contributed by atoms with Gasteiger partial charge in [0.05, 0.1) is 19.8 Å². The van der Waals surface area contributed by atoms with Gasteiger partial charge in [-0.05, 0) is 12.5 Å². The summed E-state index contributed by atoms with van der Waals surface area (Å²) >= 11 is 0. The molecule has 2 rings (SSSR count). The Balaban J connectivity index is 0.000000337. The molecule has 82 valence electrons. The highest BCUT2D eigenvalue weighted by Crippen LogP contribution is 2.10. The van der Waals surface area contributed by atoms with E-state index in [1.807, 2.05) is 25.1 Å². The van der Waals surface area contributed by atoms with Gasteiger partial charge in [-0.15, -0.1) is 6.58 Å². The highest BCUT2D eigenvalue weighted by Gasteiger charge is 2.21. The molecule has 0 saturated carbocycles. The Labute approximate surface area is 91.5 Å². The van der Waals surface area contributed by atoms with Gasteiger partial charge in [0.1, 0.15) is 6.10 Å². The maximum atomic E-state index is 5.42. The summed E-state index contributed by atoms with van der Waals surface area (Å²) in [6.07, 6.45) is 2.12. The van der Waals surface area contributed by atoms with Gasteiger partial charge in [0.2, 0.25) is 0 Å². The lowest BCUT2D eigenvalue weighted by molar-refractivity contribution is 0.104. The van der Waals surface area contributed by atoms with E-state index in [9.17, 15) is 0 Å². The number of epoxide rings is 1. The van der Waals surface area contributed by atoms with Crippen LogP contribution in [0.15, 0.2) is 43.0 Å². The predicted octanol–water partition coefficient (Wildman–Crippen LogP) is 2.79. The molecule has 0 bridgehead atoms. The first kappa shape index (κ1) is 12.0. The van der Waals surface area contributed by atoms with Crippen molar-refractivity contribution in [2.24, 2.45) is 0 Å². The first-order valence-corrected chi connectivity index (χ1v) is 5.17. The fourth-order valence-corrected chi connectivity index (χ4v) is 1.05. The second-order valence-electron chi connectivity index (χ2n) is 3.36. The van der Waals surface area contributed by atoms with Crippen LogP contribution in [0, 0.1) is 0 Å². The smallest absolute Gasteiger partial charge is 0.104 e. The minimum Gasteiger partial charge on any atom is -0.374 e. The monoisotopic (exact) mass is 206 g/mol. The fraction of sp³-hybridized carbons (Fsp3) is 0.385. The summed E-state index contributed by atoms with van der Waals surface area (Å²) in [6, 6.07) is 10.2. The van der Waals surface area contributed by atoms with Crippen molar-refractivity contribution in [2.45, 2.75) is 19.6 Å². The van der Waals surface area contributed by atoms with Crippen LogP contribution in [0.4, 0.5) is 0 Å². The summed E-state index contributed by atoms with van der Waals surface area (Å²) in [4.78, 5) is 0. The Morgan fingerprint density at radius 1 is 1.47 bits per heavy atom. The SMILES string of the molecule is C=CC.c1ccc(COCC2CO2)cc1. The Bertz CT molecular complexity index is 265. The number of hydrogen-bond donors (Lipinski definition) is 0. The minimum atomic E-state index is 0.369. The molecule has 1 aromatic carbocycles. The Kier molecular flexibility index (Phi) is 5.74. The van der Waals surface area contributed by atoms with Crippen LogP contribution in [0.5, 0.6) is 0 Å². The van der Waals surface area contributed by atoms with Crippen molar-refractivity contribution in [3.8, 4) is 0 Å². The molecular formula is C13H18O2. The van der Waals surface area contributed by atoms with Gasteiger partial charge in [0, 0.05) is 0 Å². The van der Waals surface area contributed by atoms with Crippen LogP contribution in [-0.2, 0) is 16.1 Å². The summed E-state index contributed by atoms with van der Waals surface area (Å²) in [5, 5.41) is 0. The van der Waals surface area contributed by atoms with Gasteiger partial charge in [-0.1, -0.05) is 36.4 Å². The molecule has 0 aromatic heterocycles. The average molecular weight is 206 g/mol. The first-order valence-electron chi connectivity index (χ1n) is 5.17. The topological polar surface area (TPSA) is 21.8 Å². The normalized spacial score (nSPS) is 17.5. The highest BCUT2D eigenvalue weighted by molar-refractivity contribution is 5.13. The molecule has 1 unspecified atom stereocenters. The summed E-state index contributed by atoms with van der Waals surface area (Å²) in [7, 11) is 0. The number of ether oxygens (including phenoxy) is 2. The number of benzene rings is 1. The molecule has 0 spiro atoms. The van der Waals surface area contributed by atoms with Gasteiger partial charge < -0.3 is 9.47 Å². The third kappa shape index (κ3) is 6.05. The van der Waals surface area contributed by atoms with Crippen LogP contribution in [-0.4, -0.2) is 19.3 Å². The highest BCUT2D eigenvalue weighted by atomic mass is 16.6. The van der Waals surface area contributed by atoms with E-state index in [0.717, 1.165) is 13.2 Å². The lowest BCUT2D eigenvalue weighted by Crippen LogP contribution is -2.00. The summed E-state index contributed by atoms with van der Waals surface area (Å²) in [5.41, 5.74) is 1.22. The fourth-order valence-electron chi connectivity index (χ4n) is 1.05. The van der Waals surface area contributed by atoms with E-state index in [1.165, 1.54) is 5.56 Å². The molecule has 2 nitrogen and oxygen atoms in total. The average Bonchev–Trinajstić information content (AvgIpc) is 3.05. The van der Waals surface area contributed by atoms with E-state index in [0.29, 0.717) is 12.7 Å². The van der Waals surface area contributed by atoms with E-state index < -0.39 is 0 Å². The van der Waals surface area contributed by atoms with Crippen LogP contribution >= 0.6 is 0 Å². The lowest BCUT2D eigenvalue weighted by Gasteiger charge is -2.00. The third-order valence-electron chi connectivity index (χ3n) is 1.82. The minimum absolute atomic E-state index is 0.369. The Morgan fingerprint density at radius 2 is 2.07 bits per heavy atom. The molecule has 0 N–H and O–H groups in total. The Morgan fingerprint density at radius 3 is 2.60 bits per heavy atom. The largest absolute Gasteiger partial charge is 0.374 e. The number of allylic oxidation sites excluding steroid dienone is 1. The molecule has 15 heavy (non-hydrogen) atoms. The van der Waals surface area contributed by atoms with Crippen LogP contribution in [0.25, 0.3) is 0 Å². The van der Waals surface area contributed by atoms with E-state index in [4.69, 9.17) is 9.47 Å². The number of rotatable bonds is 4. The van der Waals surface area contributed by atoms with Crippen molar-refractivity contribution in [3.05, 3.63) is 48.6 Å². The molecule has 1 fully saturated rings. The molecule has 2 heteroatoms. The van der Waals surface area contributed by atoms with Gasteiger partial charge in [-0.3, -0.25) is 0 Å². The predicted molar refractivity (Wildman–Crippen MR) is 61.7 cm³/mol. The first-order chi connectivity index (χ1) is 7.36. The van der Waals surface area contributed by atoms with E-state index in [-0.39, 0.29) is 0 Å². The van der Waals surface area contributed by atoms with Crippen molar-refractivity contribution in [1.29, 1.82) is 0 Å². The summed E-state index contributed by atoms with van der Waals surface area (Å²) in [6.45, 7) is 7.55. The van der Waals surface area contributed by atoms with E-state index >= 15 is 0 Å². The zero-order chi connectivity index (χ0) is 10.9. The van der Waals surface area contributed by atoms with Gasteiger partial charge in [0.15, 0.2) is 0 Å². The van der Waals surface area contributed by atoms with Crippen LogP contribution < -0.4 is 0 Å². The molecule has 0 aliphatic carbocycles. The molecule has 0 radical (unpaired) electrons. The number of hydrogen-bond acceptors (Lipinski definition) is 2. The van der Waals surface area contributed by atoms with Gasteiger partial charge in [0.25, 0.3) is 0 Å². The van der Waals surface area contributed by atoms with Gasteiger partial charge >= 0.3 is 0 Å². The van der Waals surface area contributed by atoms with Gasteiger partial charge in [-0.2, -0.15) is 0 Å². The lowest BCUT2D eigenvalue weighted by atomic mass is 10.2. The van der Waals surface area contributed by atoms with Crippen molar-refractivity contribution >= 4 is 0 Å². The third-order valence-corrected chi connectivity index (χ3v) is 1.82. The van der Waals surface area contributed by atoms with Crippen molar-refractivity contribution < 1.29 is 9.47 Å². The molecule has 1 aliphatic rings. The van der Waals surface area contributed by atoms with Crippen LogP contribution in [0.2, 0.25) is 0 Å². The van der Waals surface area contributed by atoms with E-state index in [1.54, 1.807) is 6.08 Å². The van der Waals surface area contributed by atoms with E-state index in [2.05, 4.69) is 18.7 Å². The van der Waals surface area contributed by atoms with Crippen LogP contribution in [0.1, 0.15) is 12.5 Å². The summed E-state index contributed by atoms with van der Waals surface area (Å²) in [5.74, 6) is 0. The van der Waals surface area contributed by atoms with Crippen LogP contribution in [0.3, 0.4) is 0 Å². The maximum absolute atomic E-state index is 5.42. The molecule has 1 saturated heterocycles. The molecular weight excluding hydrogens is 188 g/mol. The molecule has 0 amide bonds. The Hall–Kier alpha value is -1.12. The molecule has 1 aromatic rings. The second-order valence-corrected chi connectivity index (χ2v) is 3.36. The summed E-state index contributed by atoms with van der Waals surface area (Å²) < 4.78 is 10.4. The van der Waals surface area contributed by atoms with Crippen molar-refractivity contribution in [3.63, 3.8) is 0 Å². The molecule has 1 heterocycles. The molecule has 1 aliphatic heterocycles. The quantitative estimate of drug-likeness (QED) is 0.558. The second kappa shape index (κ2) is 7.21. The van der Waals surface area contributed by atoms with Crippen molar-refractivity contribution in [1.82, 2.24) is 0 Å². The zero-order valence-corrected chi connectivity index (χ0v) is 9.19. The maximum Gasteiger partial charge on any atom is 0.104 e. The van der Waals surface area contributed by atoms with Crippen molar-refractivity contribution in [2.75, 3.05) is 13.2 Å². The molecule has 1 atom stereocenters.